The molecule has 4 aromatic rings. The molecule has 0 unspecified atom stereocenters. The second-order valence-electron chi connectivity index (χ2n) is 5.68. The maximum absolute atomic E-state index is 11.7. The van der Waals surface area contributed by atoms with Crippen molar-refractivity contribution in [1.82, 2.24) is 9.38 Å². The van der Waals surface area contributed by atoms with E-state index in [0.29, 0.717) is 4.96 Å². The van der Waals surface area contributed by atoms with E-state index >= 15 is 0 Å². The monoisotopic (exact) mass is 370 g/mol. The Balaban J connectivity index is 1.98. The smallest absolute Gasteiger partial charge is 0.208 e. The van der Waals surface area contributed by atoms with Gasteiger partial charge in [0.05, 0.1) is 21.7 Å². The SMILES string of the molecule is CS(=O)(=O)c1ccc(-c2c(-c3ccccc3)nc3scc(O)n23)cc1. The molecular formula is C18H14N2O3S2. The molecular weight excluding hydrogens is 356 g/mol. The molecule has 7 heteroatoms. The summed E-state index contributed by atoms with van der Waals surface area (Å²) in [5.41, 5.74) is 3.20. The van der Waals surface area contributed by atoms with Gasteiger partial charge in [-0.05, 0) is 12.1 Å². The average Bonchev–Trinajstić information content (AvgIpc) is 3.15. The number of aromatic hydroxyl groups is 1. The van der Waals surface area contributed by atoms with Crippen LogP contribution < -0.4 is 0 Å². The lowest BCUT2D eigenvalue weighted by molar-refractivity contribution is 0.450. The summed E-state index contributed by atoms with van der Waals surface area (Å²) in [7, 11) is -3.26. The molecule has 0 spiro atoms. The molecule has 0 aliphatic heterocycles. The second-order valence-corrected chi connectivity index (χ2v) is 8.54. The third-order valence-corrected chi connectivity index (χ3v) is 5.89. The van der Waals surface area contributed by atoms with Gasteiger partial charge in [-0.1, -0.05) is 42.5 Å². The molecule has 1 N–H and O–H groups in total. The van der Waals surface area contributed by atoms with Gasteiger partial charge in [-0.25, -0.2) is 13.4 Å². The first-order valence-corrected chi connectivity index (χ1v) is 10.3. The van der Waals surface area contributed by atoms with Gasteiger partial charge >= 0.3 is 0 Å². The minimum absolute atomic E-state index is 0.108. The van der Waals surface area contributed by atoms with Gasteiger partial charge in [-0.3, -0.25) is 4.40 Å². The number of hydrogen-bond donors (Lipinski definition) is 1. The van der Waals surface area contributed by atoms with Crippen molar-refractivity contribution in [1.29, 1.82) is 0 Å². The molecule has 25 heavy (non-hydrogen) atoms. The van der Waals surface area contributed by atoms with Gasteiger partial charge in [-0.15, -0.1) is 11.3 Å². The van der Waals surface area contributed by atoms with Crippen LogP contribution in [0.5, 0.6) is 5.88 Å². The quantitative estimate of drug-likeness (QED) is 0.595. The molecule has 126 valence electrons. The Morgan fingerprint density at radius 3 is 2.32 bits per heavy atom. The maximum atomic E-state index is 11.7. The van der Waals surface area contributed by atoms with E-state index in [-0.39, 0.29) is 10.8 Å². The van der Waals surface area contributed by atoms with Crippen LogP contribution in [0.1, 0.15) is 0 Å². The number of fused-ring (bicyclic) bond motifs is 1. The largest absolute Gasteiger partial charge is 0.494 e. The molecule has 2 aromatic heterocycles. The molecule has 4 rings (SSSR count). The standard InChI is InChI=1S/C18H14N2O3S2/c1-25(22,23)14-9-7-13(8-10-14)17-16(12-5-3-2-4-6-12)19-18-20(17)15(21)11-24-18/h2-11,21H,1H3. The lowest BCUT2D eigenvalue weighted by atomic mass is 10.1. The highest BCUT2D eigenvalue weighted by atomic mass is 32.2. The van der Waals surface area contributed by atoms with E-state index in [1.165, 1.54) is 17.6 Å². The Morgan fingerprint density at radius 2 is 1.68 bits per heavy atom. The number of imidazole rings is 1. The van der Waals surface area contributed by atoms with Crippen LogP contribution in [-0.4, -0.2) is 29.2 Å². The molecule has 0 saturated heterocycles. The summed E-state index contributed by atoms with van der Waals surface area (Å²) in [5, 5.41) is 11.9. The predicted octanol–water partition coefficient (Wildman–Crippen LogP) is 3.84. The van der Waals surface area contributed by atoms with E-state index in [0.717, 1.165) is 22.5 Å². The van der Waals surface area contributed by atoms with Crippen LogP contribution in [0.2, 0.25) is 0 Å². The Kier molecular flexibility index (Phi) is 3.63. The minimum Gasteiger partial charge on any atom is -0.494 e. The number of benzene rings is 2. The molecule has 2 aromatic carbocycles. The van der Waals surface area contributed by atoms with Crippen molar-refractivity contribution in [2.75, 3.05) is 6.26 Å². The van der Waals surface area contributed by atoms with E-state index < -0.39 is 9.84 Å². The van der Waals surface area contributed by atoms with Gasteiger partial charge < -0.3 is 5.11 Å². The van der Waals surface area contributed by atoms with Gasteiger partial charge in [0.15, 0.2) is 14.8 Å². The Labute approximate surface area is 148 Å². The second kappa shape index (κ2) is 5.72. The molecule has 0 radical (unpaired) electrons. The number of hydrogen-bond acceptors (Lipinski definition) is 5. The molecule has 0 fully saturated rings. The Morgan fingerprint density at radius 1 is 1.00 bits per heavy atom. The molecule has 5 nitrogen and oxygen atoms in total. The zero-order valence-corrected chi connectivity index (χ0v) is 14.9. The van der Waals surface area contributed by atoms with Crippen molar-refractivity contribution in [2.24, 2.45) is 0 Å². The first kappa shape index (κ1) is 15.9. The average molecular weight is 370 g/mol. The summed E-state index contributed by atoms with van der Waals surface area (Å²) >= 11 is 1.35. The van der Waals surface area contributed by atoms with Crippen LogP contribution in [0, 0.1) is 0 Å². The van der Waals surface area contributed by atoms with Crippen LogP contribution in [0.15, 0.2) is 64.9 Å². The number of thiazole rings is 1. The molecule has 0 saturated carbocycles. The number of aromatic nitrogens is 2. The van der Waals surface area contributed by atoms with E-state index in [2.05, 4.69) is 4.98 Å². The highest BCUT2D eigenvalue weighted by Crippen LogP contribution is 2.37. The van der Waals surface area contributed by atoms with E-state index in [1.54, 1.807) is 34.0 Å². The molecule has 2 heterocycles. The zero-order valence-electron chi connectivity index (χ0n) is 13.2. The number of rotatable bonds is 3. The minimum atomic E-state index is -3.26. The third-order valence-electron chi connectivity index (χ3n) is 3.95. The van der Waals surface area contributed by atoms with Crippen molar-refractivity contribution >= 4 is 26.1 Å². The highest BCUT2D eigenvalue weighted by Gasteiger charge is 2.19. The predicted molar refractivity (Wildman–Crippen MR) is 98.7 cm³/mol. The van der Waals surface area contributed by atoms with E-state index in [4.69, 9.17) is 0 Å². The van der Waals surface area contributed by atoms with Crippen molar-refractivity contribution in [2.45, 2.75) is 4.90 Å². The summed E-state index contributed by atoms with van der Waals surface area (Å²) < 4.78 is 25.1. The fourth-order valence-corrected chi connectivity index (χ4v) is 4.15. The van der Waals surface area contributed by atoms with Crippen molar-refractivity contribution in [3.8, 4) is 28.4 Å². The maximum Gasteiger partial charge on any atom is 0.208 e. The van der Waals surface area contributed by atoms with Crippen molar-refractivity contribution in [3.05, 3.63) is 60.0 Å². The van der Waals surface area contributed by atoms with Gasteiger partial charge in [0.1, 0.15) is 0 Å². The van der Waals surface area contributed by atoms with E-state index in [9.17, 15) is 13.5 Å². The lowest BCUT2D eigenvalue weighted by Crippen LogP contribution is -1.97. The van der Waals surface area contributed by atoms with Crippen LogP contribution in [0.3, 0.4) is 0 Å². The van der Waals surface area contributed by atoms with Gasteiger partial charge in [0.25, 0.3) is 0 Å². The molecule has 0 aliphatic rings. The van der Waals surface area contributed by atoms with E-state index in [1.807, 2.05) is 30.3 Å². The fourth-order valence-electron chi connectivity index (χ4n) is 2.77. The summed E-state index contributed by atoms with van der Waals surface area (Å²) in [5.74, 6) is 0.108. The topological polar surface area (TPSA) is 71.7 Å². The van der Waals surface area contributed by atoms with Gasteiger partial charge in [-0.2, -0.15) is 0 Å². The Bertz CT molecular complexity index is 1160. The van der Waals surface area contributed by atoms with Gasteiger partial charge in [0.2, 0.25) is 5.88 Å². The first-order chi connectivity index (χ1) is 11.9. The van der Waals surface area contributed by atoms with Gasteiger partial charge in [0, 0.05) is 17.4 Å². The summed E-state index contributed by atoms with van der Waals surface area (Å²) in [4.78, 5) is 5.59. The first-order valence-electron chi connectivity index (χ1n) is 7.50. The molecule has 0 aliphatic carbocycles. The molecule has 0 atom stereocenters. The number of sulfone groups is 1. The van der Waals surface area contributed by atoms with Crippen LogP contribution in [0.25, 0.3) is 27.5 Å². The van der Waals surface area contributed by atoms with Crippen molar-refractivity contribution in [3.63, 3.8) is 0 Å². The summed E-state index contributed by atoms with van der Waals surface area (Å²) in [6.07, 6.45) is 1.18. The fraction of sp³-hybridized carbons (Fsp3) is 0.0556. The number of nitrogens with zero attached hydrogens (tertiary/aromatic N) is 2. The Hall–Kier alpha value is -2.64. The zero-order chi connectivity index (χ0) is 17.6. The van der Waals surface area contributed by atoms with Crippen molar-refractivity contribution < 1.29 is 13.5 Å². The highest BCUT2D eigenvalue weighted by molar-refractivity contribution is 7.90. The third kappa shape index (κ3) is 2.71. The van der Waals surface area contributed by atoms with Crippen LogP contribution >= 0.6 is 11.3 Å². The summed E-state index contributed by atoms with van der Waals surface area (Å²) in [6, 6.07) is 16.3. The molecule has 0 amide bonds. The molecule has 0 bridgehead atoms. The van der Waals surface area contributed by atoms with Crippen LogP contribution in [-0.2, 0) is 9.84 Å². The normalized spacial score (nSPS) is 11.9. The summed E-state index contributed by atoms with van der Waals surface area (Å²) in [6.45, 7) is 0. The lowest BCUT2D eigenvalue weighted by Gasteiger charge is -2.07. The van der Waals surface area contributed by atoms with Crippen LogP contribution in [0.4, 0.5) is 0 Å².